The molecule has 1 saturated heterocycles. The summed E-state index contributed by atoms with van der Waals surface area (Å²) in [6, 6.07) is 0.243. The zero-order valence-corrected chi connectivity index (χ0v) is 8.26. The van der Waals surface area contributed by atoms with E-state index in [-0.39, 0.29) is 6.04 Å². The first-order valence-electron chi connectivity index (χ1n) is 5.51. The third-order valence-corrected chi connectivity index (χ3v) is 3.57. The van der Waals surface area contributed by atoms with Gasteiger partial charge in [0.2, 0.25) is 0 Å². The van der Waals surface area contributed by atoms with Crippen LogP contribution in [-0.2, 0) is 0 Å². The average Bonchev–Trinajstić information content (AvgIpc) is 2.47. The number of hydrogen-bond acceptors (Lipinski definition) is 1. The minimum atomic E-state index is -4.63. The van der Waals surface area contributed by atoms with Crippen molar-refractivity contribution in [1.82, 2.24) is 4.90 Å². The van der Waals surface area contributed by atoms with E-state index in [1.165, 1.54) is 6.42 Å². The molecule has 1 nitrogen and oxygen atoms in total. The topological polar surface area (TPSA) is 3.24 Å². The van der Waals surface area contributed by atoms with Gasteiger partial charge in [-0.05, 0) is 38.2 Å². The fourth-order valence-corrected chi connectivity index (χ4v) is 3.00. The zero-order chi connectivity index (χ0) is 10.2. The Morgan fingerprint density at radius 1 is 1.07 bits per heavy atom. The molecule has 0 amide bonds. The van der Waals surface area contributed by atoms with Crippen molar-refractivity contribution >= 4 is 6.98 Å². The van der Waals surface area contributed by atoms with E-state index in [1.807, 2.05) is 0 Å². The molecule has 0 aromatic carbocycles. The summed E-state index contributed by atoms with van der Waals surface area (Å²) in [4.78, 5) is 1.67. The smallest absolute Gasteiger partial charge is 0.448 e. The van der Waals surface area contributed by atoms with E-state index in [0.29, 0.717) is 12.5 Å². The summed E-state index contributed by atoms with van der Waals surface area (Å²) in [5.41, 5.74) is 0. The summed E-state index contributed by atoms with van der Waals surface area (Å²) in [6.45, 7) is -3.97. The van der Waals surface area contributed by atoms with Crippen molar-refractivity contribution in [3.63, 3.8) is 0 Å². The largest absolute Gasteiger partial charge is 0.492 e. The van der Waals surface area contributed by atoms with Crippen molar-refractivity contribution in [1.29, 1.82) is 0 Å². The fraction of sp³-hybridized carbons (Fsp3) is 1.00. The molecule has 0 spiro atoms. The Balaban J connectivity index is 1.94. The third kappa shape index (κ3) is 2.24. The van der Waals surface area contributed by atoms with Gasteiger partial charge >= 0.3 is 6.98 Å². The molecule has 82 valence electrons. The molecule has 1 heterocycles. The summed E-state index contributed by atoms with van der Waals surface area (Å²) in [7, 11) is 0. The Bertz CT molecular complexity index is 207. The van der Waals surface area contributed by atoms with Crippen LogP contribution in [0.1, 0.15) is 32.1 Å². The molecule has 0 radical (unpaired) electrons. The molecular weight excluding hydrogens is 190 g/mol. The molecular formula is C9H16BF3N-. The lowest BCUT2D eigenvalue weighted by atomic mass is 9.83. The van der Waals surface area contributed by atoms with Crippen LogP contribution in [0, 0.1) is 5.92 Å². The van der Waals surface area contributed by atoms with Crippen LogP contribution in [0.25, 0.3) is 0 Å². The van der Waals surface area contributed by atoms with Crippen LogP contribution < -0.4 is 0 Å². The Hall–Kier alpha value is -0.185. The van der Waals surface area contributed by atoms with E-state index in [9.17, 15) is 12.9 Å². The molecule has 2 rings (SSSR count). The molecule has 5 heteroatoms. The Labute approximate surface area is 82.7 Å². The van der Waals surface area contributed by atoms with Crippen LogP contribution in [0.5, 0.6) is 0 Å². The van der Waals surface area contributed by atoms with Crippen LogP contribution in [0.3, 0.4) is 0 Å². The van der Waals surface area contributed by atoms with Crippen LogP contribution in [0.4, 0.5) is 12.9 Å². The lowest BCUT2D eigenvalue weighted by Crippen LogP contribution is -2.43. The normalized spacial score (nSPS) is 34.5. The van der Waals surface area contributed by atoms with Crippen molar-refractivity contribution in [3.05, 3.63) is 0 Å². The van der Waals surface area contributed by atoms with Crippen molar-refractivity contribution in [2.24, 2.45) is 5.92 Å². The van der Waals surface area contributed by atoms with Crippen LogP contribution in [0.2, 0.25) is 0 Å². The summed E-state index contributed by atoms with van der Waals surface area (Å²) in [5.74, 6) is 0.557. The van der Waals surface area contributed by atoms with E-state index in [0.717, 1.165) is 25.7 Å². The Morgan fingerprint density at radius 2 is 1.79 bits per heavy atom. The van der Waals surface area contributed by atoms with Crippen molar-refractivity contribution in [2.45, 2.75) is 38.1 Å². The average molecular weight is 206 g/mol. The van der Waals surface area contributed by atoms with Crippen molar-refractivity contribution < 1.29 is 12.9 Å². The highest BCUT2D eigenvalue weighted by molar-refractivity contribution is 6.58. The molecule has 1 aliphatic carbocycles. The van der Waals surface area contributed by atoms with E-state index in [1.54, 1.807) is 4.90 Å². The number of rotatable bonds is 2. The van der Waals surface area contributed by atoms with E-state index in [2.05, 4.69) is 0 Å². The van der Waals surface area contributed by atoms with Gasteiger partial charge in [0.1, 0.15) is 0 Å². The summed E-state index contributed by atoms with van der Waals surface area (Å²) >= 11 is 0. The highest BCUT2D eigenvalue weighted by Crippen LogP contribution is 2.36. The van der Waals surface area contributed by atoms with Crippen LogP contribution >= 0.6 is 0 Å². The third-order valence-electron chi connectivity index (χ3n) is 3.57. The quantitative estimate of drug-likeness (QED) is 0.627. The molecule has 0 N–H and O–H groups in total. The fourth-order valence-electron chi connectivity index (χ4n) is 3.00. The minimum absolute atomic E-state index is 0.243. The van der Waals surface area contributed by atoms with Gasteiger partial charge in [-0.25, -0.2) is 0 Å². The van der Waals surface area contributed by atoms with Gasteiger partial charge in [-0.2, -0.15) is 0 Å². The van der Waals surface area contributed by atoms with Gasteiger partial charge in [0.15, 0.2) is 0 Å². The monoisotopic (exact) mass is 206 g/mol. The molecule has 0 bridgehead atoms. The number of fused-ring (bicyclic) bond motifs is 1. The molecule has 0 aromatic heterocycles. The molecule has 2 unspecified atom stereocenters. The van der Waals surface area contributed by atoms with Crippen molar-refractivity contribution in [2.75, 3.05) is 13.0 Å². The van der Waals surface area contributed by atoms with Crippen molar-refractivity contribution in [3.8, 4) is 0 Å². The van der Waals surface area contributed by atoms with Gasteiger partial charge in [-0.15, -0.1) is 0 Å². The second-order valence-corrected chi connectivity index (χ2v) is 4.61. The Kier molecular flexibility index (Phi) is 2.78. The lowest BCUT2D eigenvalue weighted by Gasteiger charge is -2.34. The van der Waals surface area contributed by atoms with E-state index < -0.39 is 13.4 Å². The van der Waals surface area contributed by atoms with Gasteiger partial charge in [0, 0.05) is 6.04 Å². The predicted molar refractivity (Wildman–Crippen MR) is 51.0 cm³/mol. The molecule has 2 aliphatic rings. The Morgan fingerprint density at radius 3 is 2.50 bits per heavy atom. The number of likely N-dealkylation sites (tertiary alicyclic amines) is 1. The van der Waals surface area contributed by atoms with E-state index in [4.69, 9.17) is 0 Å². The van der Waals surface area contributed by atoms with Crippen LogP contribution in [-0.4, -0.2) is 30.9 Å². The first kappa shape index (κ1) is 10.3. The van der Waals surface area contributed by atoms with Gasteiger partial charge in [-0.3, -0.25) is 0 Å². The maximum absolute atomic E-state index is 12.3. The van der Waals surface area contributed by atoms with Gasteiger partial charge in [0.25, 0.3) is 0 Å². The van der Waals surface area contributed by atoms with Crippen LogP contribution in [0.15, 0.2) is 0 Å². The molecule has 0 aromatic rings. The number of nitrogens with zero attached hydrogens (tertiary/aromatic N) is 1. The molecule has 2 atom stereocenters. The SMILES string of the molecule is F[B-](F)(F)CN1CCC2CCCCC21. The lowest BCUT2D eigenvalue weighted by molar-refractivity contribution is 0.190. The summed E-state index contributed by atoms with van der Waals surface area (Å²) in [5, 5.41) is 0. The van der Waals surface area contributed by atoms with Gasteiger partial charge in [0.05, 0.1) is 0 Å². The molecule has 1 saturated carbocycles. The first-order chi connectivity index (χ1) is 6.56. The first-order valence-corrected chi connectivity index (χ1v) is 5.51. The second kappa shape index (κ2) is 3.76. The number of hydrogen-bond donors (Lipinski definition) is 0. The van der Waals surface area contributed by atoms with Gasteiger partial charge in [-0.1, -0.05) is 12.8 Å². The molecule has 14 heavy (non-hydrogen) atoms. The molecule has 1 aliphatic heterocycles. The molecule has 2 fully saturated rings. The zero-order valence-electron chi connectivity index (χ0n) is 8.26. The minimum Gasteiger partial charge on any atom is -0.448 e. The maximum Gasteiger partial charge on any atom is 0.492 e. The second-order valence-electron chi connectivity index (χ2n) is 4.61. The summed E-state index contributed by atoms with van der Waals surface area (Å²) < 4.78 is 36.9. The van der Waals surface area contributed by atoms with E-state index >= 15 is 0 Å². The standard InChI is InChI=1S/C9H16BF3N/c11-10(12,13)7-14-6-5-8-3-1-2-4-9(8)14/h8-9H,1-7H2/q-1. The highest BCUT2D eigenvalue weighted by Gasteiger charge is 2.38. The maximum atomic E-state index is 12.3. The predicted octanol–water partition coefficient (Wildman–Crippen LogP) is 2.64. The highest BCUT2D eigenvalue weighted by atomic mass is 19.4. The van der Waals surface area contributed by atoms with Gasteiger partial charge < -0.3 is 17.8 Å². The number of halogens is 3. The summed E-state index contributed by atoms with van der Waals surface area (Å²) in [6.07, 6.45) is 4.80.